The van der Waals surface area contributed by atoms with Gasteiger partial charge in [-0.1, -0.05) is 112 Å². The predicted molar refractivity (Wildman–Crippen MR) is 238 cm³/mol. The quantitative estimate of drug-likeness (QED) is 0.141. The number of rotatable bonds is 8. The first kappa shape index (κ1) is 41.6. The largest absolute Gasteiger partial charge is 0.453 e. The van der Waals surface area contributed by atoms with Crippen molar-refractivity contribution >= 4 is 17.9 Å². The predicted octanol–water partition coefficient (Wildman–Crippen LogP) is 9.50. The third-order valence-corrected chi connectivity index (χ3v) is 13.7. The van der Waals surface area contributed by atoms with Gasteiger partial charge in [0.2, 0.25) is 11.8 Å². The minimum atomic E-state index is -0.682. The van der Waals surface area contributed by atoms with Crippen molar-refractivity contribution in [2.75, 3.05) is 26.8 Å². The Morgan fingerprint density at radius 1 is 0.839 bits per heavy atom. The maximum Gasteiger partial charge on any atom is 0.407 e. The van der Waals surface area contributed by atoms with E-state index < -0.39 is 12.1 Å². The van der Waals surface area contributed by atoms with Gasteiger partial charge in [-0.05, 0) is 78.5 Å². The standard InChI is InChI=1S/C50H59N7O5/c1-32(2)43(55-49(60)61-3)48(59)56-26-11-15-41(56)45-51-29-39(52-45)36-20-16-33(17-21-36)34-18-22-37(23-19-34)44-40-30-62-27-10-5-4-9-14-38(35-12-7-6-8-13-35)47(58)57-31-50(24-25-50)28-42(57)46(53-40)54-44/h6-8,12-13,16-23,29,32,38,41-43H,4-5,9-11,14-15,24-28,30-31H2,1-3H3,(H,51,52)(H,53,54)(H,55,60)/t38-,41+,42+,43+/m1/s1. The third-order valence-electron chi connectivity index (χ3n) is 13.7. The molecule has 4 aliphatic rings. The van der Waals surface area contributed by atoms with Crippen molar-refractivity contribution in [2.24, 2.45) is 11.3 Å². The van der Waals surface area contributed by atoms with E-state index in [1.165, 1.54) is 7.11 Å². The van der Waals surface area contributed by atoms with Crippen LogP contribution in [0.1, 0.15) is 119 Å². The normalized spacial score (nSPS) is 21.9. The van der Waals surface area contributed by atoms with Crippen molar-refractivity contribution in [3.63, 3.8) is 0 Å². The molecule has 0 unspecified atom stereocenters. The van der Waals surface area contributed by atoms with E-state index in [9.17, 15) is 14.4 Å². The Morgan fingerprint density at radius 2 is 1.55 bits per heavy atom. The smallest absolute Gasteiger partial charge is 0.407 e. The van der Waals surface area contributed by atoms with Crippen LogP contribution in [0.5, 0.6) is 0 Å². The number of alkyl carbamates (subject to hydrolysis) is 1. The molecule has 5 heterocycles. The number of carbonyl (C=O) groups is 3. The molecule has 2 saturated heterocycles. The molecule has 324 valence electrons. The minimum absolute atomic E-state index is 0.0928. The lowest BCUT2D eigenvalue weighted by Gasteiger charge is -2.30. The molecule has 5 aromatic rings. The highest BCUT2D eigenvalue weighted by Gasteiger charge is 2.55. The van der Waals surface area contributed by atoms with Crippen LogP contribution in [0.2, 0.25) is 0 Å². The van der Waals surface area contributed by atoms with Crippen molar-refractivity contribution in [3.05, 3.63) is 108 Å². The second-order valence-corrected chi connectivity index (χ2v) is 18.2. The van der Waals surface area contributed by atoms with Gasteiger partial charge in [-0.3, -0.25) is 9.59 Å². The Hall–Kier alpha value is -5.75. The van der Waals surface area contributed by atoms with Crippen molar-refractivity contribution in [3.8, 4) is 33.6 Å². The van der Waals surface area contributed by atoms with Crippen molar-refractivity contribution in [1.82, 2.24) is 35.1 Å². The van der Waals surface area contributed by atoms with Gasteiger partial charge in [-0.2, -0.15) is 0 Å². The Kier molecular flexibility index (Phi) is 12.0. The molecular formula is C50H59N7O5. The minimum Gasteiger partial charge on any atom is -0.453 e. The zero-order chi connectivity index (χ0) is 42.8. The number of carbonyl (C=O) groups excluding carboxylic acids is 3. The number of aromatic amines is 2. The van der Waals surface area contributed by atoms with E-state index in [0.29, 0.717) is 19.8 Å². The molecule has 1 aliphatic carbocycles. The van der Waals surface area contributed by atoms with Crippen molar-refractivity contribution in [2.45, 2.75) is 109 Å². The summed E-state index contributed by atoms with van der Waals surface area (Å²) in [4.78, 5) is 61.5. The summed E-state index contributed by atoms with van der Waals surface area (Å²) >= 11 is 0. The molecule has 2 bridgehead atoms. The van der Waals surface area contributed by atoms with Crippen molar-refractivity contribution in [1.29, 1.82) is 0 Å². The van der Waals surface area contributed by atoms with E-state index in [-0.39, 0.29) is 41.1 Å². The zero-order valence-electron chi connectivity index (χ0n) is 36.2. The van der Waals surface area contributed by atoms with Crippen LogP contribution in [0.4, 0.5) is 4.79 Å². The highest BCUT2D eigenvalue weighted by Crippen LogP contribution is 2.59. The number of hydrogen-bond donors (Lipinski definition) is 3. The average Bonchev–Trinajstić information content (AvgIpc) is 3.78. The van der Waals surface area contributed by atoms with Crippen LogP contribution in [0.3, 0.4) is 0 Å². The molecule has 4 atom stereocenters. The molecule has 12 nitrogen and oxygen atoms in total. The van der Waals surface area contributed by atoms with Crippen LogP contribution in [0.15, 0.2) is 85.1 Å². The number of hydrogen-bond acceptors (Lipinski definition) is 7. The lowest BCUT2D eigenvalue weighted by atomic mass is 9.91. The second-order valence-electron chi connectivity index (χ2n) is 18.2. The molecule has 9 rings (SSSR count). The van der Waals surface area contributed by atoms with E-state index in [0.717, 1.165) is 127 Å². The van der Waals surface area contributed by atoms with Gasteiger partial charge in [0.25, 0.3) is 0 Å². The number of methoxy groups -OCH3 is 1. The second kappa shape index (κ2) is 17.9. The molecule has 1 saturated carbocycles. The summed E-state index contributed by atoms with van der Waals surface area (Å²) in [6.45, 7) is 6.36. The lowest BCUT2D eigenvalue weighted by Crippen LogP contribution is -2.51. The van der Waals surface area contributed by atoms with E-state index >= 15 is 0 Å². The average molecular weight is 838 g/mol. The van der Waals surface area contributed by atoms with Crippen LogP contribution in [-0.4, -0.2) is 80.5 Å². The van der Waals surface area contributed by atoms with Crippen LogP contribution < -0.4 is 5.32 Å². The number of nitrogens with one attached hydrogen (secondary N) is 3. The van der Waals surface area contributed by atoms with Gasteiger partial charge in [-0.25, -0.2) is 14.8 Å². The number of ether oxygens (including phenoxy) is 2. The Labute approximate surface area is 364 Å². The summed E-state index contributed by atoms with van der Waals surface area (Å²) in [5, 5.41) is 2.72. The summed E-state index contributed by atoms with van der Waals surface area (Å²) in [5.41, 5.74) is 8.21. The third kappa shape index (κ3) is 8.66. The first-order valence-electron chi connectivity index (χ1n) is 22.6. The number of amides is 3. The fourth-order valence-electron chi connectivity index (χ4n) is 9.91. The van der Waals surface area contributed by atoms with Gasteiger partial charge in [-0.15, -0.1) is 0 Å². The van der Waals surface area contributed by atoms with Crippen LogP contribution in [0, 0.1) is 11.3 Å². The maximum absolute atomic E-state index is 14.6. The van der Waals surface area contributed by atoms with E-state index in [2.05, 4.69) is 93.0 Å². The molecule has 0 radical (unpaired) electrons. The zero-order valence-corrected chi connectivity index (χ0v) is 36.2. The molecule has 2 aromatic heterocycles. The molecule has 3 fully saturated rings. The number of likely N-dealkylation sites (tertiary alicyclic amines) is 1. The van der Waals surface area contributed by atoms with Crippen LogP contribution >= 0.6 is 0 Å². The maximum atomic E-state index is 14.6. The monoisotopic (exact) mass is 837 g/mol. The Balaban J connectivity index is 0.926. The first-order valence-corrected chi connectivity index (χ1v) is 22.6. The molecule has 3 aliphatic heterocycles. The molecule has 3 amide bonds. The highest BCUT2D eigenvalue weighted by molar-refractivity contribution is 5.87. The molecule has 1 spiro atoms. The number of nitrogens with zero attached hydrogens (tertiary/aromatic N) is 4. The molecule has 3 N–H and O–H groups in total. The van der Waals surface area contributed by atoms with Gasteiger partial charge in [0.05, 0.1) is 55.0 Å². The van der Waals surface area contributed by atoms with E-state index in [4.69, 9.17) is 19.4 Å². The van der Waals surface area contributed by atoms with Gasteiger partial charge in [0, 0.05) is 25.3 Å². The summed E-state index contributed by atoms with van der Waals surface area (Å²) < 4.78 is 11.1. The highest BCUT2D eigenvalue weighted by atomic mass is 16.5. The van der Waals surface area contributed by atoms with Crippen LogP contribution in [-0.2, 0) is 25.7 Å². The van der Waals surface area contributed by atoms with Gasteiger partial charge in [0.15, 0.2) is 0 Å². The summed E-state index contributed by atoms with van der Waals surface area (Å²) in [5.74, 6) is 1.46. The van der Waals surface area contributed by atoms with E-state index in [1.54, 1.807) is 0 Å². The molecule has 62 heavy (non-hydrogen) atoms. The summed E-state index contributed by atoms with van der Waals surface area (Å²) in [6, 6.07) is 26.4. The molecule has 3 aromatic carbocycles. The van der Waals surface area contributed by atoms with Gasteiger partial charge in [0.1, 0.15) is 17.7 Å². The topological polar surface area (TPSA) is 146 Å². The summed E-state index contributed by atoms with van der Waals surface area (Å²) in [6.07, 6.45) is 11.2. The molecular weight excluding hydrogens is 779 g/mol. The van der Waals surface area contributed by atoms with Crippen molar-refractivity contribution < 1.29 is 23.9 Å². The fourth-order valence-corrected chi connectivity index (χ4v) is 9.91. The van der Waals surface area contributed by atoms with Gasteiger partial charge >= 0.3 is 6.09 Å². The summed E-state index contributed by atoms with van der Waals surface area (Å²) in [7, 11) is 1.30. The number of H-pyrrole nitrogens is 2. The lowest BCUT2D eigenvalue weighted by molar-refractivity contribution is -0.135. The van der Waals surface area contributed by atoms with E-state index in [1.807, 2.05) is 31.0 Å². The fraction of sp³-hybridized carbons (Fsp3) is 0.460. The number of fused-ring (bicyclic) bond motifs is 4. The first-order chi connectivity index (χ1) is 30.2. The van der Waals surface area contributed by atoms with Crippen LogP contribution in [0.25, 0.3) is 33.6 Å². The Bertz CT molecular complexity index is 2350. The SMILES string of the molecule is COC(=O)N[C@H](C(=O)N1CCC[C@H]1c1ncc(-c2ccc(-c3ccc(-c4nc5[nH]c4COCCCCCC[C@H](c4ccccc4)C(=O)N4CC6(CC6)C[C@@H]54)cc3)cc2)[nH]1)C(C)C. The van der Waals surface area contributed by atoms with Gasteiger partial charge < -0.3 is 34.6 Å². The number of aromatic nitrogens is 4. The number of benzene rings is 3. The Morgan fingerprint density at radius 3 is 2.26 bits per heavy atom. The number of imidazole rings is 2. The molecule has 12 heteroatoms.